The van der Waals surface area contributed by atoms with Crippen molar-refractivity contribution in [2.45, 2.75) is 336 Å². The Kier molecular flexibility index (Phi) is 55.2. The van der Waals surface area contributed by atoms with Crippen molar-refractivity contribution in [2.75, 3.05) is 39.6 Å². The van der Waals surface area contributed by atoms with Gasteiger partial charge in [0.2, 0.25) is 0 Å². The molecule has 0 aliphatic heterocycles. The summed E-state index contributed by atoms with van der Waals surface area (Å²) in [6.07, 6.45) is 38.9. The number of esters is 4. The number of ether oxygens (including phenoxy) is 4. The number of aliphatic hydroxyl groups excluding tert-OH is 1. The van der Waals surface area contributed by atoms with Gasteiger partial charge >= 0.3 is 39.5 Å². The summed E-state index contributed by atoms with van der Waals surface area (Å²) in [6, 6.07) is 0. The fourth-order valence-electron chi connectivity index (χ4n) is 9.50. The molecule has 3 N–H and O–H groups in total. The summed E-state index contributed by atoms with van der Waals surface area (Å²) in [6.45, 7) is 9.46. The Balaban J connectivity index is 5.23. The molecule has 0 saturated heterocycles. The lowest BCUT2D eigenvalue weighted by Crippen LogP contribution is -2.30. The number of rotatable bonds is 63. The van der Waals surface area contributed by atoms with Crippen LogP contribution < -0.4 is 0 Å². The van der Waals surface area contributed by atoms with Gasteiger partial charge in [0.25, 0.3) is 0 Å². The second kappa shape index (κ2) is 56.6. The minimum absolute atomic E-state index is 0.105. The third-order valence-electron chi connectivity index (χ3n) is 15.1. The van der Waals surface area contributed by atoms with E-state index < -0.39 is 97.5 Å². The molecule has 0 fully saturated rings. The second-order valence-electron chi connectivity index (χ2n) is 23.9. The largest absolute Gasteiger partial charge is 0.472 e. The summed E-state index contributed by atoms with van der Waals surface area (Å²) in [5, 5.41) is 10.5. The van der Waals surface area contributed by atoms with Gasteiger partial charge in [-0.2, -0.15) is 0 Å². The van der Waals surface area contributed by atoms with E-state index in [-0.39, 0.29) is 25.7 Å². The first-order valence-corrected chi connectivity index (χ1v) is 36.5. The van der Waals surface area contributed by atoms with Crippen LogP contribution >= 0.6 is 15.6 Å². The van der Waals surface area contributed by atoms with E-state index in [4.69, 9.17) is 37.0 Å². The summed E-state index contributed by atoms with van der Waals surface area (Å²) in [5.41, 5.74) is 0. The maximum atomic E-state index is 13.0. The third kappa shape index (κ3) is 57.6. The Morgan fingerprint density at radius 3 is 0.916 bits per heavy atom. The molecule has 0 aromatic heterocycles. The average Bonchev–Trinajstić information content (AvgIpc) is 3.45. The lowest BCUT2D eigenvalue weighted by molar-refractivity contribution is -0.161. The van der Waals surface area contributed by atoms with Crippen LogP contribution in [0.15, 0.2) is 0 Å². The van der Waals surface area contributed by atoms with E-state index in [9.17, 15) is 43.2 Å². The number of hydrogen-bond acceptors (Lipinski definition) is 15. The molecule has 0 saturated carbocycles. The van der Waals surface area contributed by atoms with Crippen LogP contribution in [0.4, 0.5) is 0 Å². The topological polar surface area (TPSA) is 237 Å². The van der Waals surface area contributed by atoms with Gasteiger partial charge in [-0.25, -0.2) is 9.13 Å². The summed E-state index contributed by atoms with van der Waals surface area (Å²) >= 11 is 0. The van der Waals surface area contributed by atoms with E-state index in [1.54, 1.807) is 0 Å². The first kappa shape index (κ1) is 81.1. The van der Waals surface area contributed by atoms with E-state index in [2.05, 4.69) is 41.5 Å². The maximum absolute atomic E-state index is 13.0. The van der Waals surface area contributed by atoms with Crippen LogP contribution in [0.2, 0.25) is 0 Å². The zero-order valence-corrected chi connectivity index (χ0v) is 55.3. The SMILES string of the molecule is CCCCCCCCCCCC(=O)O[C@H](COC(=O)CCCCCCCCCC)COP(=O)(O)OC[C@H](O)COP(=O)(O)OC[C@@H](COC(=O)CCCCCCCCCCC(C)CC)OC(=O)CCCCCCCCCCCCCC(C)C. The molecule has 0 spiro atoms. The normalized spacial score (nSPS) is 14.6. The first-order valence-electron chi connectivity index (χ1n) is 33.5. The van der Waals surface area contributed by atoms with Crippen LogP contribution in [-0.2, 0) is 65.4 Å². The molecule has 3 unspecified atom stereocenters. The number of unbranched alkanes of at least 4 members (excludes halogenated alkanes) is 32. The first-order chi connectivity index (χ1) is 39.9. The Hall–Kier alpha value is -1.94. The Bertz CT molecular complexity index is 1630. The lowest BCUT2D eigenvalue weighted by Gasteiger charge is -2.21. The van der Waals surface area contributed by atoms with Gasteiger partial charge in [0.05, 0.1) is 26.4 Å². The fourth-order valence-corrected chi connectivity index (χ4v) is 11.1. The molecule has 83 heavy (non-hydrogen) atoms. The molecule has 0 rings (SSSR count). The summed E-state index contributed by atoms with van der Waals surface area (Å²) in [7, 11) is -9.88. The Morgan fingerprint density at radius 2 is 0.614 bits per heavy atom. The molecule has 0 aromatic carbocycles. The average molecular weight is 1230 g/mol. The van der Waals surface area contributed by atoms with Gasteiger partial charge < -0.3 is 33.8 Å². The van der Waals surface area contributed by atoms with Crippen molar-refractivity contribution < 1.29 is 80.2 Å². The number of aliphatic hydroxyl groups is 1. The second-order valence-corrected chi connectivity index (χ2v) is 26.8. The van der Waals surface area contributed by atoms with Gasteiger partial charge in [-0.3, -0.25) is 37.3 Å². The molecule has 0 aromatic rings. The number of phosphoric ester groups is 2. The highest BCUT2D eigenvalue weighted by molar-refractivity contribution is 7.47. The predicted molar refractivity (Wildman–Crippen MR) is 331 cm³/mol. The molecule has 0 amide bonds. The Morgan fingerprint density at radius 1 is 0.349 bits per heavy atom. The van der Waals surface area contributed by atoms with Crippen LogP contribution in [-0.4, -0.2) is 96.7 Å². The van der Waals surface area contributed by atoms with Gasteiger partial charge in [-0.15, -0.1) is 0 Å². The van der Waals surface area contributed by atoms with E-state index in [0.29, 0.717) is 25.7 Å². The van der Waals surface area contributed by atoms with Gasteiger partial charge in [-0.05, 0) is 37.5 Å². The molecule has 0 aliphatic carbocycles. The lowest BCUT2D eigenvalue weighted by atomic mass is 9.99. The maximum Gasteiger partial charge on any atom is 0.472 e. The van der Waals surface area contributed by atoms with Crippen molar-refractivity contribution in [1.82, 2.24) is 0 Å². The quantitative estimate of drug-likeness (QED) is 0.0222. The molecule has 492 valence electrons. The molecule has 6 atom stereocenters. The molecule has 0 radical (unpaired) electrons. The van der Waals surface area contributed by atoms with Gasteiger partial charge in [0, 0.05) is 25.7 Å². The highest BCUT2D eigenvalue weighted by atomic mass is 31.2. The molecule has 19 heteroatoms. The van der Waals surface area contributed by atoms with Crippen molar-refractivity contribution in [3.05, 3.63) is 0 Å². The van der Waals surface area contributed by atoms with Crippen molar-refractivity contribution in [3.8, 4) is 0 Å². The highest BCUT2D eigenvalue weighted by Crippen LogP contribution is 2.45. The van der Waals surface area contributed by atoms with Crippen LogP contribution in [0, 0.1) is 11.8 Å². The highest BCUT2D eigenvalue weighted by Gasteiger charge is 2.30. The van der Waals surface area contributed by atoms with Crippen LogP contribution in [0.5, 0.6) is 0 Å². The van der Waals surface area contributed by atoms with Crippen molar-refractivity contribution in [2.24, 2.45) is 11.8 Å². The monoisotopic (exact) mass is 1230 g/mol. The zero-order valence-electron chi connectivity index (χ0n) is 53.5. The third-order valence-corrected chi connectivity index (χ3v) is 17.0. The predicted octanol–water partition coefficient (Wildman–Crippen LogP) is 17.7. The minimum atomic E-state index is -4.94. The summed E-state index contributed by atoms with van der Waals surface area (Å²) in [5.74, 6) is -0.594. The summed E-state index contributed by atoms with van der Waals surface area (Å²) in [4.78, 5) is 72.1. The van der Waals surface area contributed by atoms with Crippen LogP contribution in [0.1, 0.15) is 318 Å². The van der Waals surface area contributed by atoms with E-state index in [1.165, 1.54) is 128 Å². The van der Waals surface area contributed by atoms with Crippen LogP contribution in [0.25, 0.3) is 0 Å². The van der Waals surface area contributed by atoms with E-state index in [0.717, 1.165) is 108 Å². The minimum Gasteiger partial charge on any atom is -0.462 e. The Labute approximate surface area is 505 Å². The zero-order chi connectivity index (χ0) is 61.5. The van der Waals surface area contributed by atoms with Crippen molar-refractivity contribution >= 4 is 39.5 Å². The van der Waals surface area contributed by atoms with Crippen molar-refractivity contribution in [3.63, 3.8) is 0 Å². The fraction of sp³-hybridized carbons (Fsp3) is 0.938. The molecular weight excluding hydrogens is 1100 g/mol. The van der Waals surface area contributed by atoms with Gasteiger partial charge in [0.1, 0.15) is 19.3 Å². The molecule has 0 aliphatic rings. The van der Waals surface area contributed by atoms with Gasteiger partial charge in [-0.1, -0.05) is 266 Å². The standard InChI is InChI=1S/C64H124O17P2/c1-7-10-12-14-16-21-30-36-42-48-63(68)80-59(52-74-61(66)46-40-34-28-17-15-13-11-8-2)54-78-82(70,71)76-50-58(65)51-77-83(72,73)79-55-60(53-75-62(67)47-41-35-29-25-24-27-33-39-45-57(6)9-3)81-64(69)49-43-37-31-23-20-18-19-22-26-32-38-44-56(4)5/h56-60,65H,7-55H2,1-6H3,(H,70,71)(H,72,73)/t57?,58-,59+,60+/m0/s1. The number of carbonyl (C=O) groups excluding carboxylic acids is 4. The number of carbonyl (C=O) groups is 4. The molecular formula is C64H124O17P2. The van der Waals surface area contributed by atoms with Gasteiger partial charge in [0.15, 0.2) is 12.2 Å². The molecule has 17 nitrogen and oxygen atoms in total. The summed E-state index contributed by atoms with van der Waals surface area (Å²) < 4.78 is 67.9. The van der Waals surface area contributed by atoms with E-state index in [1.807, 2.05) is 0 Å². The smallest absolute Gasteiger partial charge is 0.462 e. The molecule has 0 bridgehead atoms. The van der Waals surface area contributed by atoms with E-state index >= 15 is 0 Å². The number of hydrogen-bond donors (Lipinski definition) is 3. The number of phosphoric acid groups is 2. The molecule has 0 heterocycles. The van der Waals surface area contributed by atoms with Crippen molar-refractivity contribution in [1.29, 1.82) is 0 Å². The van der Waals surface area contributed by atoms with Crippen LogP contribution in [0.3, 0.4) is 0 Å².